The fourth-order valence-corrected chi connectivity index (χ4v) is 1.95. The zero-order chi connectivity index (χ0) is 14.0. The Hall–Kier alpha value is -1.88. The summed E-state index contributed by atoms with van der Waals surface area (Å²) in [5.74, 6) is -0.433. The second-order valence-electron chi connectivity index (χ2n) is 4.11. The monoisotopic (exact) mass is 322 g/mol. The Balaban J connectivity index is 2.26. The molecule has 0 aromatic heterocycles. The van der Waals surface area contributed by atoms with Gasteiger partial charge >= 0.3 is 0 Å². The molecule has 2 aromatic carbocycles. The van der Waals surface area contributed by atoms with Crippen LogP contribution in [0, 0.1) is 5.82 Å². The maximum absolute atomic E-state index is 13.4. The Labute approximate surface area is 118 Å². The number of nitrogens with two attached hydrogens (primary N) is 1. The fraction of sp³-hybridized carbons (Fsp3) is 0.0714. The van der Waals surface area contributed by atoms with Crippen LogP contribution in [0.5, 0.6) is 0 Å². The maximum atomic E-state index is 13.4. The van der Waals surface area contributed by atoms with Gasteiger partial charge in [0.15, 0.2) is 5.78 Å². The molecule has 0 radical (unpaired) electrons. The highest BCUT2D eigenvalue weighted by atomic mass is 79.9. The van der Waals surface area contributed by atoms with Gasteiger partial charge in [-0.05, 0) is 59.3 Å². The molecular formula is C14H12BrFN2O. The van der Waals surface area contributed by atoms with Crippen LogP contribution in [-0.4, -0.2) is 5.78 Å². The molecule has 0 saturated heterocycles. The number of halogens is 2. The maximum Gasteiger partial charge on any atom is 0.161 e. The van der Waals surface area contributed by atoms with Crippen molar-refractivity contribution in [2.45, 2.75) is 6.92 Å². The summed E-state index contributed by atoms with van der Waals surface area (Å²) in [4.78, 5) is 11.3. The van der Waals surface area contributed by atoms with Gasteiger partial charge in [-0.15, -0.1) is 0 Å². The van der Waals surface area contributed by atoms with Crippen molar-refractivity contribution < 1.29 is 9.18 Å². The predicted octanol–water partition coefficient (Wildman–Crippen LogP) is 4.12. The minimum Gasteiger partial charge on any atom is -0.398 e. The third kappa shape index (κ3) is 3.12. The molecule has 0 heterocycles. The third-order valence-corrected chi connectivity index (χ3v) is 3.28. The quantitative estimate of drug-likeness (QED) is 0.660. The van der Waals surface area contributed by atoms with E-state index in [0.29, 0.717) is 27.1 Å². The number of hydrogen-bond acceptors (Lipinski definition) is 3. The average Bonchev–Trinajstić information content (AvgIpc) is 2.33. The number of hydrogen-bond donors (Lipinski definition) is 2. The first-order valence-corrected chi connectivity index (χ1v) is 6.39. The Bertz CT molecular complexity index is 643. The molecule has 0 spiro atoms. The number of benzene rings is 2. The van der Waals surface area contributed by atoms with E-state index in [0.717, 1.165) is 0 Å². The smallest absolute Gasteiger partial charge is 0.161 e. The lowest BCUT2D eigenvalue weighted by molar-refractivity contribution is 0.101. The predicted molar refractivity (Wildman–Crippen MR) is 78.2 cm³/mol. The number of anilines is 3. The molecule has 0 bridgehead atoms. The molecule has 2 aromatic rings. The SMILES string of the molecule is CC(=O)c1ccc(Nc2ccc(Br)c(F)c2)cc1N. The molecule has 0 fully saturated rings. The van der Waals surface area contributed by atoms with Gasteiger partial charge in [-0.1, -0.05) is 0 Å². The molecule has 3 nitrogen and oxygen atoms in total. The largest absolute Gasteiger partial charge is 0.398 e. The van der Waals surface area contributed by atoms with Crippen molar-refractivity contribution in [2.75, 3.05) is 11.1 Å². The van der Waals surface area contributed by atoms with Crippen LogP contribution in [0.25, 0.3) is 0 Å². The molecule has 0 amide bonds. The Kier molecular flexibility index (Phi) is 3.85. The summed E-state index contributed by atoms with van der Waals surface area (Å²) < 4.78 is 13.8. The topological polar surface area (TPSA) is 55.1 Å². The van der Waals surface area contributed by atoms with Gasteiger partial charge in [0, 0.05) is 22.6 Å². The van der Waals surface area contributed by atoms with Gasteiger partial charge in [0.2, 0.25) is 0 Å². The summed E-state index contributed by atoms with van der Waals surface area (Å²) in [6.45, 7) is 1.46. The summed E-state index contributed by atoms with van der Waals surface area (Å²) in [6, 6.07) is 9.76. The van der Waals surface area contributed by atoms with Crippen LogP contribution < -0.4 is 11.1 Å². The lowest BCUT2D eigenvalue weighted by Crippen LogP contribution is -2.00. The summed E-state index contributed by atoms with van der Waals surface area (Å²) >= 11 is 3.09. The Morgan fingerprint density at radius 1 is 1.21 bits per heavy atom. The molecule has 5 heteroatoms. The molecule has 0 aliphatic carbocycles. The van der Waals surface area contributed by atoms with Gasteiger partial charge in [0.1, 0.15) is 5.82 Å². The standard InChI is InChI=1S/C14H12BrFN2O/c1-8(19)11-4-2-10(7-14(11)17)18-9-3-5-12(15)13(16)6-9/h2-7,18H,17H2,1H3. The highest BCUT2D eigenvalue weighted by Crippen LogP contribution is 2.25. The first kappa shape index (κ1) is 13.5. The van der Waals surface area contributed by atoms with Gasteiger partial charge in [-0.2, -0.15) is 0 Å². The van der Waals surface area contributed by atoms with Crippen molar-refractivity contribution in [1.29, 1.82) is 0 Å². The Morgan fingerprint density at radius 2 is 1.84 bits per heavy atom. The van der Waals surface area contributed by atoms with E-state index in [2.05, 4.69) is 21.2 Å². The molecule has 0 unspecified atom stereocenters. The molecule has 19 heavy (non-hydrogen) atoms. The van der Waals surface area contributed by atoms with E-state index in [1.807, 2.05) is 0 Å². The van der Waals surface area contributed by atoms with E-state index in [-0.39, 0.29) is 11.6 Å². The van der Waals surface area contributed by atoms with E-state index in [1.54, 1.807) is 30.3 Å². The van der Waals surface area contributed by atoms with Crippen molar-refractivity contribution in [3.63, 3.8) is 0 Å². The Morgan fingerprint density at radius 3 is 2.42 bits per heavy atom. The van der Waals surface area contributed by atoms with Crippen LogP contribution >= 0.6 is 15.9 Å². The van der Waals surface area contributed by atoms with Crippen LogP contribution in [0.15, 0.2) is 40.9 Å². The lowest BCUT2D eigenvalue weighted by Gasteiger charge is -2.09. The van der Waals surface area contributed by atoms with E-state index in [4.69, 9.17) is 5.73 Å². The van der Waals surface area contributed by atoms with Crippen LogP contribution in [0.1, 0.15) is 17.3 Å². The summed E-state index contributed by atoms with van der Waals surface area (Å²) in [6.07, 6.45) is 0. The zero-order valence-electron chi connectivity index (χ0n) is 10.2. The molecule has 0 atom stereocenters. The average molecular weight is 323 g/mol. The van der Waals surface area contributed by atoms with E-state index in [9.17, 15) is 9.18 Å². The zero-order valence-corrected chi connectivity index (χ0v) is 11.8. The summed E-state index contributed by atoms with van der Waals surface area (Å²) in [5, 5.41) is 3.03. The number of Topliss-reactive ketones (excluding diaryl/α,β-unsaturated/α-hetero) is 1. The fourth-order valence-electron chi connectivity index (χ4n) is 1.70. The van der Waals surface area contributed by atoms with Gasteiger partial charge in [0.05, 0.1) is 4.47 Å². The minimum absolute atomic E-state index is 0.0845. The highest BCUT2D eigenvalue weighted by molar-refractivity contribution is 9.10. The van der Waals surface area contributed by atoms with Crippen LogP contribution in [-0.2, 0) is 0 Å². The summed E-state index contributed by atoms with van der Waals surface area (Å²) in [5.41, 5.74) is 7.97. The van der Waals surface area contributed by atoms with Crippen molar-refractivity contribution in [3.05, 3.63) is 52.3 Å². The first-order chi connectivity index (χ1) is 8.97. The third-order valence-electron chi connectivity index (χ3n) is 2.64. The second kappa shape index (κ2) is 5.40. The van der Waals surface area contributed by atoms with Crippen molar-refractivity contribution in [2.24, 2.45) is 0 Å². The van der Waals surface area contributed by atoms with Gasteiger partial charge in [0.25, 0.3) is 0 Å². The minimum atomic E-state index is -0.349. The molecule has 98 valence electrons. The number of nitrogens with one attached hydrogen (secondary N) is 1. The lowest BCUT2D eigenvalue weighted by atomic mass is 10.1. The molecule has 3 N–H and O–H groups in total. The summed E-state index contributed by atoms with van der Waals surface area (Å²) in [7, 11) is 0. The number of rotatable bonds is 3. The molecule has 0 saturated carbocycles. The molecule has 0 aliphatic heterocycles. The van der Waals surface area contributed by atoms with Gasteiger partial charge in [-0.3, -0.25) is 4.79 Å². The van der Waals surface area contributed by atoms with Crippen molar-refractivity contribution >= 4 is 38.8 Å². The van der Waals surface area contributed by atoms with E-state index < -0.39 is 0 Å². The first-order valence-electron chi connectivity index (χ1n) is 5.60. The molecule has 2 rings (SSSR count). The van der Waals surface area contributed by atoms with Crippen molar-refractivity contribution in [3.8, 4) is 0 Å². The van der Waals surface area contributed by atoms with Crippen LogP contribution in [0.4, 0.5) is 21.5 Å². The number of ketones is 1. The number of carbonyl (C=O) groups excluding carboxylic acids is 1. The van der Waals surface area contributed by atoms with Crippen molar-refractivity contribution in [1.82, 2.24) is 0 Å². The highest BCUT2D eigenvalue weighted by Gasteiger charge is 2.06. The normalized spacial score (nSPS) is 10.3. The van der Waals surface area contributed by atoms with E-state index >= 15 is 0 Å². The van der Waals surface area contributed by atoms with E-state index in [1.165, 1.54) is 13.0 Å². The molecular weight excluding hydrogens is 311 g/mol. The number of nitrogen functional groups attached to an aromatic ring is 1. The van der Waals surface area contributed by atoms with Crippen LogP contribution in [0.2, 0.25) is 0 Å². The number of carbonyl (C=O) groups is 1. The molecule has 0 aliphatic rings. The second-order valence-corrected chi connectivity index (χ2v) is 4.97. The van der Waals surface area contributed by atoms with Gasteiger partial charge < -0.3 is 11.1 Å². The van der Waals surface area contributed by atoms with Crippen LogP contribution in [0.3, 0.4) is 0 Å². The van der Waals surface area contributed by atoms with Gasteiger partial charge in [-0.25, -0.2) is 4.39 Å².